The molecule has 4 nitrogen and oxygen atoms in total. The number of hydrogen-bond acceptors (Lipinski definition) is 2. The summed E-state index contributed by atoms with van der Waals surface area (Å²) < 4.78 is 24.3. The molecule has 0 saturated heterocycles. The lowest BCUT2D eigenvalue weighted by atomic mass is 10.1. The number of halogens is 1. The van der Waals surface area contributed by atoms with Gasteiger partial charge in [0.1, 0.15) is 5.65 Å². The summed E-state index contributed by atoms with van der Waals surface area (Å²) in [6.07, 6.45) is 7.74. The van der Waals surface area contributed by atoms with Crippen LogP contribution in [0.5, 0.6) is 0 Å². The maximum absolute atomic E-state index is 11.5. The molecule has 0 unspecified atom stereocenters. The van der Waals surface area contributed by atoms with Gasteiger partial charge >= 0.3 is 0 Å². The number of rotatable bonds is 4. The van der Waals surface area contributed by atoms with Crippen molar-refractivity contribution in [2.24, 2.45) is 6.98 Å². The number of benzene rings is 1. The van der Waals surface area contributed by atoms with E-state index in [4.69, 9.17) is 15.7 Å². The van der Waals surface area contributed by atoms with E-state index < -0.39 is 6.98 Å². The summed E-state index contributed by atoms with van der Waals surface area (Å²) in [5, 5.41) is 3.88. The number of aromatic nitrogens is 2. The molecule has 2 heterocycles. The molecule has 0 bridgehead atoms. The summed E-state index contributed by atoms with van der Waals surface area (Å²) >= 11 is 5.89. The highest BCUT2D eigenvalue weighted by Crippen LogP contribution is 2.24. The second-order valence-electron chi connectivity index (χ2n) is 5.13. The summed E-state index contributed by atoms with van der Waals surface area (Å²) in [7, 11) is 0. The molecule has 0 aliphatic heterocycles. The number of aryl methyl sites for hydroxylation is 1. The lowest BCUT2D eigenvalue weighted by molar-refractivity contribution is -0.111. The lowest BCUT2D eigenvalue weighted by Gasteiger charge is -2.02. The maximum atomic E-state index is 11.5. The Balaban J connectivity index is 2.08. The zero-order valence-corrected chi connectivity index (χ0v) is 13.4. The molecule has 0 radical (unpaired) electrons. The minimum atomic E-state index is -2.37. The Kier molecular flexibility index (Phi) is 3.52. The van der Waals surface area contributed by atoms with Crippen LogP contribution in [-0.4, -0.2) is 15.5 Å². The number of anilines is 1. The third-order valence-corrected chi connectivity index (χ3v) is 3.70. The van der Waals surface area contributed by atoms with E-state index in [0.717, 1.165) is 16.2 Å². The predicted octanol–water partition coefficient (Wildman–Crippen LogP) is 4.52. The van der Waals surface area contributed by atoms with Gasteiger partial charge in [-0.15, -0.1) is 0 Å². The molecule has 0 aliphatic rings. The Hall–Kier alpha value is -2.85. The number of hydrogen-bond donors (Lipinski definition) is 1. The van der Waals surface area contributed by atoms with Crippen LogP contribution in [0.15, 0.2) is 55.4 Å². The predicted molar refractivity (Wildman–Crippen MR) is 99.9 cm³/mol. The Bertz CT molecular complexity index is 1040. The fourth-order valence-corrected chi connectivity index (χ4v) is 2.41. The molecule has 3 rings (SSSR count). The molecule has 0 fully saturated rings. The molecule has 1 amide bonds. The van der Waals surface area contributed by atoms with Crippen molar-refractivity contribution in [2.45, 2.75) is 0 Å². The van der Waals surface area contributed by atoms with E-state index in [1.807, 2.05) is 18.2 Å². The number of pyridine rings is 1. The van der Waals surface area contributed by atoms with Gasteiger partial charge in [0.25, 0.3) is 0 Å². The van der Waals surface area contributed by atoms with Crippen LogP contribution in [0.25, 0.3) is 23.2 Å². The first-order chi connectivity index (χ1) is 12.8. The Labute approximate surface area is 149 Å². The number of amides is 1. The van der Waals surface area contributed by atoms with Gasteiger partial charge in [0, 0.05) is 33.3 Å². The topological polar surface area (TPSA) is 46.9 Å². The Morgan fingerprint density at radius 2 is 2.17 bits per heavy atom. The number of nitrogens with one attached hydrogen (secondary N) is 1. The highest BCUT2D eigenvalue weighted by molar-refractivity contribution is 6.30. The van der Waals surface area contributed by atoms with Crippen molar-refractivity contribution in [3.05, 3.63) is 71.5 Å². The average molecular weight is 341 g/mol. The van der Waals surface area contributed by atoms with Gasteiger partial charge in [-0.05, 0) is 29.8 Å². The van der Waals surface area contributed by atoms with Gasteiger partial charge in [-0.1, -0.05) is 42.5 Å². The number of nitrogens with zero attached hydrogens (tertiary/aromatic N) is 2. The van der Waals surface area contributed by atoms with Gasteiger partial charge in [-0.2, -0.15) is 0 Å². The first-order valence-electron chi connectivity index (χ1n) is 8.66. The molecule has 120 valence electrons. The van der Waals surface area contributed by atoms with E-state index in [2.05, 4.69) is 16.9 Å². The van der Waals surface area contributed by atoms with Crippen molar-refractivity contribution in [1.82, 2.24) is 9.55 Å². The minimum absolute atomic E-state index is 0.308. The van der Waals surface area contributed by atoms with E-state index >= 15 is 0 Å². The highest BCUT2D eigenvalue weighted by Gasteiger charge is 2.08. The number of fused-ring (bicyclic) bond motifs is 1. The van der Waals surface area contributed by atoms with Crippen molar-refractivity contribution >= 4 is 46.4 Å². The summed E-state index contributed by atoms with van der Waals surface area (Å²) in [5.74, 6) is -0.371. The quantitative estimate of drug-likeness (QED) is 0.710. The molecule has 3 aromatic rings. The first-order valence-corrected chi connectivity index (χ1v) is 7.54. The van der Waals surface area contributed by atoms with Gasteiger partial charge in [0.15, 0.2) is 0 Å². The van der Waals surface area contributed by atoms with Crippen molar-refractivity contribution < 1.29 is 8.91 Å². The molecule has 5 heteroatoms. The van der Waals surface area contributed by atoms with Crippen LogP contribution in [0, 0.1) is 0 Å². The van der Waals surface area contributed by atoms with Crippen molar-refractivity contribution in [3.63, 3.8) is 0 Å². The summed E-state index contributed by atoms with van der Waals surface area (Å²) in [4.78, 5) is 15.8. The molecule has 0 aliphatic carbocycles. The van der Waals surface area contributed by atoms with Crippen LogP contribution in [-0.2, 0) is 11.8 Å². The zero-order valence-electron chi connectivity index (χ0n) is 15.7. The SMILES string of the molecule is [2H]C([2H])([2H])n1cc(/C=C/c2ccc(Cl)cc2)c2cc(NC(=O)C=C)cnc21. The van der Waals surface area contributed by atoms with Gasteiger partial charge in [-0.25, -0.2) is 4.98 Å². The highest BCUT2D eigenvalue weighted by atomic mass is 35.5. The smallest absolute Gasteiger partial charge is 0.247 e. The van der Waals surface area contributed by atoms with E-state index in [9.17, 15) is 4.79 Å². The van der Waals surface area contributed by atoms with Crippen molar-refractivity contribution in [2.75, 3.05) is 5.32 Å². The molecule has 1 aromatic carbocycles. The molecular weight excluding hydrogens is 322 g/mol. The largest absolute Gasteiger partial charge is 0.335 e. The van der Waals surface area contributed by atoms with E-state index in [0.29, 0.717) is 27.3 Å². The van der Waals surface area contributed by atoms with Crippen LogP contribution in [0.1, 0.15) is 15.2 Å². The fraction of sp³-hybridized carbons (Fsp3) is 0.0526. The summed E-state index contributed by atoms with van der Waals surface area (Å²) in [5.41, 5.74) is 2.34. The number of carbonyl (C=O) groups excluding carboxylic acids is 1. The molecule has 0 spiro atoms. The molecule has 2 aromatic heterocycles. The summed E-state index contributed by atoms with van der Waals surface area (Å²) in [6, 6.07) is 8.95. The minimum Gasteiger partial charge on any atom is -0.335 e. The van der Waals surface area contributed by atoms with E-state index in [1.54, 1.807) is 24.3 Å². The lowest BCUT2D eigenvalue weighted by Crippen LogP contribution is -2.07. The second-order valence-corrected chi connectivity index (χ2v) is 5.56. The van der Waals surface area contributed by atoms with Crippen LogP contribution in [0.2, 0.25) is 5.02 Å². The standard InChI is InChI=1S/C19H16ClN3O/c1-3-18(24)22-16-10-17-14(12-23(2)19(17)21-11-16)7-4-13-5-8-15(20)9-6-13/h3-12H,1H2,2H3,(H,22,24)/b7-4+/i2D3. The Morgan fingerprint density at radius 3 is 2.88 bits per heavy atom. The zero-order chi connectivity index (χ0) is 19.6. The molecule has 0 atom stereocenters. The van der Waals surface area contributed by atoms with Crippen LogP contribution in [0.3, 0.4) is 0 Å². The van der Waals surface area contributed by atoms with E-state index in [-0.39, 0.29) is 5.91 Å². The molecule has 24 heavy (non-hydrogen) atoms. The van der Waals surface area contributed by atoms with Gasteiger partial charge in [-0.3, -0.25) is 4.79 Å². The van der Waals surface area contributed by atoms with Crippen LogP contribution in [0.4, 0.5) is 5.69 Å². The van der Waals surface area contributed by atoms with E-state index in [1.165, 1.54) is 12.4 Å². The van der Waals surface area contributed by atoms with Gasteiger partial charge < -0.3 is 9.88 Å². The van der Waals surface area contributed by atoms with Crippen LogP contribution < -0.4 is 5.32 Å². The first kappa shape index (κ1) is 12.6. The third kappa shape index (κ3) is 3.39. The number of carbonyl (C=O) groups is 1. The van der Waals surface area contributed by atoms with Gasteiger partial charge in [0.2, 0.25) is 5.91 Å². The molecule has 1 N–H and O–H groups in total. The molecule has 0 saturated carbocycles. The third-order valence-electron chi connectivity index (χ3n) is 3.45. The van der Waals surface area contributed by atoms with Gasteiger partial charge in [0.05, 0.1) is 11.9 Å². The van der Waals surface area contributed by atoms with Crippen molar-refractivity contribution in [1.29, 1.82) is 0 Å². The monoisotopic (exact) mass is 340 g/mol. The maximum Gasteiger partial charge on any atom is 0.247 e. The molecular formula is C19H16ClN3O. The van der Waals surface area contributed by atoms with Crippen LogP contribution >= 0.6 is 11.6 Å². The fourth-order valence-electron chi connectivity index (χ4n) is 2.29. The summed E-state index contributed by atoms with van der Waals surface area (Å²) in [6.45, 7) is 1.04. The normalized spacial score (nSPS) is 13.5. The Morgan fingerprint density at radius 1 is 1.38 bits per heavy atom. The second kappa shape index (κ2) is 6.72. The average Bonchev–Trinajstić information content (AvgIpc) is 2.99. The van der Waals surface area contributed by atoms with Crippen molar-refractivity contribution in [3.8, 4) is 0 Å².